The van der Waals surface area contributed by atoms with E-state index >= 15 is 0 Å². The molecule has 0 bridgehead atoms. The van der Waals surface area contributed by atoms with E-state index in [4.69, 9.17) is 12.2 Å². The van der Waals surface area contributed by atoms with E-state index in [0.29, 0.717) is 53.7 Å². The zero-order valence-electron chi connectivity index (χ0n) is 64.6. The third-order valence-corrected chi connectivity index (χ3v) is 28.4. The number of halogens is 1. The predicted molar refractivity (Wildman–Crippen MR) is 475 cm³/mol. The molecule has 0 aliphatic carbocycles. The van der Waals surface area contributed by atoms with Crippen molar-refractivity contribution in [1.82, 2.24) is 19.6 Å². The maximum absolute atomic E-state index is 14.8. The van der Waals surface area contributed by atoms with Crippen molar-refractivity contribution >= 4 is 124 Å². The summed E-state index contributed by atoms with van der Waals surface area (Å²) in [6.07, 6.45) is 11.1. The molecule has 620 valence electrons. The minimum absolute atomic E-state index is 0. The van der Waals surface area contributed by atoms with Gasteiger partial charge in [-0.3, -0.25) is 24.2 Å². The Morgan fingerprint density at radius 2 is 0.858 bits per heavy atom. The molecule has 14 rings (SSSR count). The van der Waals surface area contributed by atoms with Gasteiger partial charge in [0.25, 0.3) is 11.8 Å². The lowest BCUT2D eigenvalue weighted by Gasteiger charge is -2.46. The molecule has 2 saturated heterocycles. The van der Waals surface area contributed by atoms with Crippen LogP contribution in [-0.2, 0) is 29.3 Å². The fourth-order valence-electron chi connectivity index (χ4n) is 13.5. The molecule has 0 aromatic heterocycles. The van der Waals surface area contributed by atoms with Crippen LogP contribution in [-0.4, -0.2) is 125 Å². The number of fused-ring (bicyclic) bond motifs is 6. The van der Waals surface area contributed by atoms with Crippen molar-refractivity contribution < 1.29 is 50.9 Å². The van der Waals surface area contributed by atoms with Gasteiger partial charge in [-0.05, 0) is 175 Å². The highest BCUT2D eigenvalue weighted by Crippen LogP contribution is 2.51. The summed E-state index contributed by atoms with van der Waals surface area (Å²) in [6, 6.07) is 52.2. The smallest absolute Gasteiger partial charge is 0.256 e. The Kier molecular flexibility index (Phi) is 32.1. The van der Waals surface area contributed by atoms with Gasteiger partial charge in [0, 0.05) is 94.6 Å². The normalized spacial score (nSPS) is 21.4. The number of para-hydroxylation sites is 4. The summed E-state index contributed by atoms with van der Waals surface area (Å²) < 4.78 is 65.3. The van der Waals surface area contributed by atoms with Gasteiger partial charge in [-0.15, -0.1) is 0 Å². The zero-order chi connectivity index (χ0) is 84.3. The number of carbonyl (C=O) groups excluding carboxylic acids is 3. The van der Waals surface area contributed by atoms with Crippen molar-refractivity contribution in [1.29, 1.82) is 21.0 Å². The third-order valence-electron chi connectivity index (χ3n) is 19.4. The lowest BCUT2D eigenvalue weighted by atomic mass is 10.1. The molecule has 30 heteroatoms. The van der Waals surface area contributed by atoms with E-state index in [-0.39, 0.29) is 81.7 Å². The molecule has 6 aromatic carbocycles. The van der Waals surface area contributed by atoms with Gasteiger partial charge in [-0.1, -0.05) is 191 Å². The minimum atomic E-state index is -4.06. The molecule has 120 heavy (non-hydrogen) atoms. The van der Waals surface area contributed by atoms with Crippen molar-refractivity contribution in [2.24, 2.45) is 0 Å². The Morgan fingerprint density at radius 1 is 0.492 bits per heavy atom. The number of rotatable bonds is 14. The van der Waals surface area contributed by atoms with E-state index in [1.54, 1.807) is 86.2 Å². The van der Waals surface area contributed by atoms with Crippen LogP contribution < -0.4 is 34.9 Å². The van der Waals surface area contributed by atoms with Crippen molar-refractivity contribution in [3.8, 4) is 24.3 Å². The maximum Gasteiger partial charge on any atom is 0.256 e. The van der Waals surface area contributed by atoms with Crippen LogP contribution in [0, 0.1) is 45.3 Å². The number of ketones is 1. The number of anilines is 4. The molecule has 0 N–H and O–H groups in total. The second-order valence-corrected chi connectivity index (χ2v) is 34.3. The predicted octanol–water partition coefficient (Wildman–Crippen LogP) is 15.7. The van der Waals surface area contributed by atoms with Gasteiger partial charge >= 0.3 is 0 Å². The van der Waals surface area contributed by atoms with Crippen molar-refractivity contribution in [3.05, 3.63) is 305 Å². The van der Waals surface area contributed by atoms with Gasteiger partial charge in [0.05, 0.1) is 74.9 Å². The van der Waals surface area contributed by atoms with Gasteiger partial charge < -0.3 is 44.7 Å². The topological polar surface area (TPSA) is 310 Å². The molecule has 3 unspecified atom stereocenters. The Morgan fingerprint density at radius 3 is 1.25 bits per heavy atom. The number of benzene rings is 6. The first-order valence-corrected chi connectivity index (χ1v) is 43.4. The number of amides is 2. The average Bonchev–Trinajstić information content (AvgIpc) is 1.58. The van der Waals surface area contributed by atoms with Gasteiger partial charge in [0.1, 0.15) is 40.8 Å². The van der Waals surface area contributed by atoms with E-state index in [0.717, 1.165) is 82.7 Å². The summed E-state index contributed by atoms with van der Waals surface area (Å²) in [7, 11) is -4.70. The van der Waals surface area contributed by atoms with E-state index < -0.39 is 54.7 Å². The van der Waals surface area contributed by atoms with Gasteiger partial charge in [0.2, 0.25) is 25.5 Å². The Balaban J connectivity index is 0.000000198. The fraction of sp³-hybridized carbons (Fsp3) is 0.222. The van der Waals surface area contributed by atoms with Crippen LogP contribution in [0.1, 0.15) is 85.8 Å². The summed E-state index contributed by atoms with van der Waals surface area (Å²) in [5, 5.41) is 79.8. The number of allylic oxidation sites excluding steroid dienone is 17. The molecule has 8 aliphatic rings. The molecular weight excluding hydrogens is 1650 g/mol. The number of thioether (sulfide) groups is 4. The van der Waals surface area contributed by atoms with Crippen LogP contribution in [0.3, 0.4) is 0 Å². The molecule has 0 saturated carbocycles. The highest BCUT2D eigenvalue weighted by Gasteiger charge is 2.40. The number of sulfone groups is 2. The molecule has 22 nitrogen and oxygen atoms in total. The summed E-state index contributed by atoms with van der Waals surface area (Å²) in [4.78, 5) is 54.7. The molecule has 3 atom stereocenters. The highest BCUT2D eigenvalue weighted by molar-refractivity contribution is 8.04. The summed E-state index contributed by atoms with van der Waals surface area (Å²) in [5.74, 6) is -1.87. The van der Waals surface area contributed by atoms with Gasteiger partial charge in [-0.2, -0.15) is 21.0 Å². The number of hydrogen-bond acceptors (Lipinski definition) is 24. The van der Waals surface area contributed by atoms with Crippen LogP contribution in [0.5, 0.6) is 0 Å². The number of hydrogen-bond donors (Lipinski definition) is 0. The number of nitriles is 4. The molecule has 2 amide bonds. The Bertz CT molecular complexity index is 5910. The van der Waals surface area contributed by atoms with Gasteiger partial charge in [-0.25, -0.2) is 21.2 Å². The molecule has 8 heterocycles. The summed E-state index contributed by atoms with van der Waals surface area (Å²) in [6.45, 7) is 19.0. The first kappa shape index (κ1) is 94.0. The first-order chi connectivity index (χ1) is 56.2. The van der Waals surface area contributed by atoms with Crippen LogP contribution >= 0.6 is 59.3 Å². The average molecular weight is 1740 g/mol. The molecule has 8 aliphatic heterocycles. The lowest BCUT2D eigenvalue weighted by molar-refractivity contribution is -0.440. The standard InChI is InChI=1S/C22H16FN2O3S2.C22H23N4O2S2.C22H16N2O3S2.C21H21N4O2S.3CH4/c1-2-25-17-8-4-5-9-18(17)29-22(25)14(13-24)11-15(23)12-20-21(26)16-7-3-6-10-19(16)30(20,27)28;1-4-24-17-12-7-8-13-18(17)30-21(24)15(14-23)10-9-11-16-19(27)25(5-2)22(29)26(6-3)20(16)28;1-2-24-17-10-4-5-11-18(17)28-22(24)15(14-23)8-7-13-20-21(25)16-9-3-6-12-19(16)29(20,26)27;1-5-25-17-11-6-7-12-18(17)28-21(25)15(13-22)9-8-10-16-19(26)23(3)14(2)24(4)20(16)27;;;/h3-12,21H,2H2,1H3;7-13,19H,4-6H2,1-3H3;3-13H,2H2,1H3;6-12,19H,2,5H2,1,3-4H3;3*1H4/q2*-1;;-1;;;/b15-11-,20-12-,22-14+;10-9+,16-11-,21-15+;8-7+,20-13-,22-15+;9-8+,16-10-,21-15+;;;. The fourth-order valence-corrected chi connectivity index (χ4v) is 21.9. The number of nitrogens with zero attached hydrogens (tertiary/aromatic N) is 12. The Hall–Kier alpha value is -11.5. The molecular formula is C90H88FN12O10S7-3. The zero-order valence-corrected chi connectivity index (χ0v) is 70.3. The minimum Gasteiger partial charge on any atom is -0.845 e. The van der Waals surface area contributed by atoms with Crippen molar-refractivity contribution in [2.45, 2.75) is 112 Å². The number of Topliss-reactive ketones (excluding diaryl/α,β-unsaturated/α-hetero) is 1. The molecule has 2 fully saturated rings. The molecule has 0 radical (unpaired) electrons. The van der Waals surface area contributed by atoms with Crippen LogP contribution in [0.25, 0.3) is 0 Å². The lowest BCUT2D eigenvalue weighted by Crippen LogP contribution is -2.62. The summed E-state index contributed by atoms with van der Waals surface area (Å²) >= 11 is 11.2. The Labute approximate surface area is 724 Å². The van der Waals surface area contributed by atoms with Gasteiger partial charge in [0.15, 0.2) is 5.11 Å². The number of thiocarbonyl (C=S) groups is 1. The second-order valence-electron chi connectivity index (χ2n) is 26.0. The van der Waals surface area contributed by atoms with Crippen molar-refractivity contribution in [2.75, 3.05) is 73.0 Å². The third kappa shape index (κ3) is 18.6. The van der Waals surface area contributed by atoms with Crippen LogP contribution in [0.15, 0.2) is 323 Å². The van der Waals surface area contributed by atoms with E-state index in [1.807, 2.05) is 154 Å². The van der Waals surface area contributed by atoms with E-state index in [2.05, 4.69) is 34.6 Å². The number of carbonyl (C=O) groups is 3. The van der Waals surface area contributed by atoms with Crippen LogP contribution in [0.4, 0.5) is 27.1 Å². The molecule has 0 spiro atoms. The largest absolute Gasteiger partial charge is 0.845 e. The SMILES string of the molecule is C.C.C.C=C1N(C)C(=O)\C(=C/C=C/C(C#N)=C2\Sc3ccccc3N2CC)C([O-])N1C.CCN1/C(=C(C#N)/C=C(F)/C=C2/C([O-])c3ccccc3S2(=O)=O)Sc2ccccc21.CCN1/C(=C(C#N)/C=C/C=C2/C(=O)c3ccccc3S2(=O)=O)Sc2ccccc21.CCN1C(=O)\C(=C/C=C/C(C#N)=C2\Sc3ccccc3N2CC)C([O-])N(CC)C1=S. The van der Waals surface area contributed by atoms with E-state index in [1.165, 1.54) is 97.8 Å². The number of likely N-dealkylation sites (N-methyl/N-ethyl adjacent to an activating group) is 4. The van der Waals surface area contributed by atoms with Crippen LogP contribution in [0.2, 0.25) is 0 Å². The maximum atomic E-state index is 14.8. The monoisotopic (exact) mass is 1740 g/mol. The second kappa shape index (κ2) is 41.0. The quantitative estimate of drug-likeness (QED) is 0.0555. The molecule has 6 aromatic rings. The van der Waals surface area contributed by atoms with E-state index in [9.17, 15) is 72.0 Å². The van der Waals surface area contributed by atoms with Crippen molar-refractivity contribution in [3.63, 3.8) is 0 Å². The first-order valence-electron chi connectivity index (χ1n) is 36.8. The summed E-state index contributed by atoms with van der Waals surface area (Å²) in [5.41, 5.74) is 6.08. The highest BCUT2D eigenvalue weighted by atomic mass is 32.2.